The summed E-state index contributed by atoms with van der Waals surface area (Å²) in [4.78, 5) is 2.31. The second-order valence-corrected chi connectivity index (χ2v) is 13.3. The zero-order valence-electron chi connectivity index (χ0n) is 28.4. The van der Waals surface area contributed by atoms with Crippen LogP contribution in [0, 0.1) is 0 Å². The lowest BCUT2D eigenvalue weighted by molar-refractivity contribution is 0.674. The molecule has 2 nitrogen and oxygen atoms in total. The maximum atomic E-state index is 6.82. The smallest absolute Gasteiger partial charge is 0.143 e. The van der Waals surface area contributed by atoms with Gasteiger partial charge < -0.3 is 9.32 Å². The second-order valence-electron chi connectivity index (χ2n) is 13.3. The highest BCUT2D eigenvalue weighted by atomic mass is 16.3. The fourth-order valence-electron chi connectivity index (χ4n) is 7.69. The van der Waals surface area contributed by atoms with Gasteiger partial charge in [0.15, 0.2) is 0 Å². The van der Waals surface area contributed by atoms with Gasteiger partial charge in [-0.25, -0.2) is 0 Å². The van der Waals surface area contributed by atoms with Gasteiger partial charge in [-0.3, -0.25) is 0 Å². The maximum Gasteiger partial charge on any atom is 0.143 e. The van der Waals surface area contributed by atoms with Crippen molar-refractivity contribution in [3.05, 3.63) is 200 Å². The van der Waals surface area contributed by atoms with Crippen molar-refractivity contribution in [2.75, 3.05) is 4.90 Å². The topological polar surface area (TPSA) is 16.4 Å². The van der Waals surface area contributed by atoms with Gasteiger partial charge in [0.2, 0.25) is 0 Å². The molecule has 0 saturated heterocycles. The molecule has 0 spiro atoms. The number of nitrogens with zero attached hydrogens (tertiary/aromatic N) is 1. The van der Waals surface area contributed by atoms with E-state index in [1.807, 2.05) is 0 Å². The van der Waals surface area contributed by atoms with Crippen LogP contribution in [-0.4, -0.2) is 0 Å². The minimum absolute atomic E-state index is 0.907. The fraction of sp³-hybridized carbons (Fsp3) is 0. The average Bonchev–Trinajstić information content (AvgIpc) is 3.61. The van der Waals surface area contributed by atoms with Gasteiger partial charge in [0, 0.05) is 38.8 Å². The molecule has 1 heterocycles. The van der Waals surface area contributed by atoms with E-state index in [4.69, 9.17) is 4.42 Å². The van der Waals surface area contributed by atoms with Gasteiger partial charge >= 0.3 is 0 Å². The van der Waals surface area contributed by atoms with E-state index in [1.54, 1.807) is 0 Å². The van der Waals surface area contributed by atoms with Crippen molar-refractivity contribution in [1.29, 1.82) is 0 Å². The van der Waals surface area contributed by atoms with Crippen LogP contribution in [0.15, 0.2) is 205 Å². The van der Waals surface area contributed by atoms with E-state index >= 15 is 0 Å². The Balaban J connectivity index is 1.05. The average molecular weight is 664 g/mol. The summed E-state index contributed by atoms with van der Waals surface area (Å²) < 4.78 is 6.82. The van der Waals surface area contributed by atoms with Crippen molar-refractivity contribution in [3.8, 4) is 33.4 Å². The number of furan rings is 1. The lowest BCUT2D eigenvalue weighted by Crippen LogP contribution is -2.09. The Morgan fingerprint density at radius 3 is 1.58 bits per heavy atom. The van der Waals surface area contributed by atoms with E-state index in [-0.39, 0.29) is 0 Å². The Hall–Kier alpha value is -6.90. The standard InChI is InChI=1S/C50H33NO/c1-3-13-36(14-4-1)47-33-48-46-21-11-20-43(49(46)52-50(48)45-19-10-9-18-44(45)47)37-26-30-42(31-27-37)51(40-16-5-2-6-17-40)41-28-24-35(25-29-41)39-23-22-34-12-7-8-15-38(34)32-39/h1-33H. The SMILES string of the molecule is c1ccc(-c2cc3c4cccc(-c5ccc(N(c6ccccc6)c6ccc(-c7ccc8ccccc8c7)cc6)cc5)c4oc3c3ccccc23)cc1. The van der Waals surface area contributed by atoms with Gasteiger partial charge in [0.25, 0.3) is 0 Å². The third-order valence-corrected chi connectivity index (χ3v) is 10.2. The molecule has 0 unspecified atom stereocenters. The zero-order chi connectivity index (χ0) is 34.4. The molecule has 0 aliphatic carbocycles. The van der Waals surface area contributed by atoms with E-state index in [0.717, 1.165) is 55.5 Å². The summed E-state index contributed by atoms with van der Waals surface area (Å²) in [7, 11) is 0. The summed E-state index contributed by atoms with van der Waals surface area (Å²) in [5.41, 5.74) is 12.1. The molecule has 0 fully saturated rings. The molecular weight excluding hydrogens is 631 g/mol. The molecule has 0 saturated carbocycles. The molecule has 244 valence electrons. The van der Waals surface area contributed by atoms with E-state index in [0.29, 0.717) is 0 Å². The number of hydrogen-bond donors (Lipinski definition) is 0. The van der Waals surface area contributed by atoms with Gasteiger partial charge in [-0.1, -0.05) is 152 Å². The Bertz CT molecular complexity index is 2870. The Labute approximate surface area is 302 Å². The van der Waals surface area contributed by atoms with Gasteiger partial charge in [0.1, 0.15) is 11.2 Å². The lowest BCUT2D eigenvalue weighted by atomic mass is 9.95. The first-order chi connectivity index (χ1) is 25.8. The van der Waals surface area contributed by atoms with Crippen molar-refractivity contribution >= 4 is 60.5 Å². The number of anilines is 3. The minimum atomic E-state index is 0.907. The molecule has 2 heteroatoms. The molecule has 52 heavy (non-hydrogen) atoms. The summed E-state index contributed by atoms with van der Waals surface area (Å²) in [5.74, 6) is 0. The highest BCUT2D eigenvalue weighted by Gasteiger charge is 2.18. The Kier molecular flexibility index (Phi) is 7.18. The molecule has 0 N–H and O–H groups in total. The van der Waals surface area contributed by atoms with Gasteiger partial charge in [-0.05, 0) is 92.5 Å². The predicted octanol–water partition coefficient (Wildman–Crippen LogP) is 14.4. The highest BCUT2D eigenvalue weighted by molar-refractivity contribution is 6.20. The Morgan fingerprint density at radius 1 is 0.288 bits per heavy atom. The second kappa shape index (κ2) is 12.5. The first-order valence-electron chi connectivity index (χ1n) is 17.8. The van der Waals surface area contributed by atoms with Gasteiger partial charge in [-0.15, -0.1) is 0 Å². The molecule has 0 bridgehead atoms. The van der Waals surface area contributed by atoms with E-state index in [2.05, 4.69) is 205 Å². The van der Waals surface area contributed by atoms with Crippen LogP contribution in [0.5, 0.6) is 0 Å². The van der Waals surface area contributed by atoms with E-state index in [9.17, 15) is 0 Å². The van der Waals surface area contributed by atoms with Crippen molar-refractivity contribution in [1.82, 2.24) is 0 Å². The van der Waals surface area contributed by atoms with Crippen LogP contribution in [-0.2, 0) is 0 Å². The summed E-state index contributed by atoms with van der Waals surface area (Å²) in [6.07, 6.45) is 0. The maximum absolute atomic E-state index is 6.82. The normalized spacial score (nSPS) is 11.5. The highest BCUT2D eigenvalue weighted by Crippen LogP contribution is 2.43. The summed E-state index contributed by atoms with van der Waals surface area (Å²) in [6.45, 7) is 0. The summed E-state index contributed by atoms with van der Waals surface area (Å²) >= 11 is 0. The van der Waals surface area contributed by atoms with Crippen molar-refractivity contribution in [2.45, 2.75) is 0 Å². The van der Waals surface area contributed by atoms with Crippen LogP contribution in [0.4, 0.5) is 17.1 Å². The molecular formula is C50H33NO. The molecule has 0 aliphatic heterocycles. The van der Waals surface area contributed by atoms with Crippen molar-refractivity contribution in [2.24, 2.45) is 0 Å². The number of para-hydroxylation sites is 2. The van der Waals surface area contributed by atoms with Gasteiger partial charge in [0.05, 0.1) is 0 Å². The third-order valence-electron chi connectivity index (χ3n) is 10.2. The Morgan fingerprint density at radius 2 is 0.827 bits per heavy atom. The van der Waals surface area contributed by atoms with Crippen LogP contribution in [0.25, 0.3) is 76.9 Å². The van der Waals surface area contributed by atoms with Crippen LogP contribution >= 0.6 is 0 Å². The van der Waals surface area contributed by atoms with Crippen LogP contribution < -0.4 is 4.90 Å². The molecule has 0 atom stereocenters. The fourth-order valence-corrected chi connectivity index (χ4v) is 7.69. The quantitative estimate of drug-likeness (QED) is 0.176. The van der Waals surface area contributed by atoms with Crippen LogP contribution in [0.3, 0.4) is 0 Å². The first kappa shape index (κ1) is 30.0. The first-order valence-corrected chi connectivity index (χ1v) is 17.8. The summed E-state index contributed by atoms with van der Waals surface area (Å²) in [6, 6.07) is 71.5. The molecule has 9 aromatic carbocycles. The zero-order valence-corrected chi connectivity index (χ0v) is 28.4. The van der Waals surface area contributed by atoms with E-state index in [1.165, 1.54) is 38.4 Å². The predicted molar refractivity (Wildman–Crippen MR) is 220 cm³/mol. The lowest BCUT2D eigenvalue weighted by Gasteiger charge is -2.26. The summed E-state index contributed by atoms with van der Waals surface area (Å²) in [5, 5.41) is 7.08. The molecule has 10 rings (SSSR count). The molecule has 0 amide bonds. The third kappa shape index (κ3) is 5.12. The molecule has 0 radical (unpaired) electrons. The molecule has 1 aromatic heterocycles. The van der Waals surface area contributed by atoms with Crippen LogP contribution in [0.2, 0.25) is 0 Å². The molecule has 0 aliphatic rings. The van der Waals surface area contributed by atoms with Crippen molar-refractivity contribution < 1.29 is 4.42 Å². The molecule has 10 aromatic rings. The minimum Gasteiger partial charge on any atom is -0.455 e. The van der Waals surface area contributed by atoms with Crippen molar-refractivity contribution in [3.63, 3.8) is 0 Å². The number of fused-ring (bicyclic) bond motifs is 6. The number of hydrogen-bond acceptors (Lipinski definition) is 2. The van der Waals surface area contributed by atoms with Crippen LogP contribution in [0.1, 0.15) is 0 Å². The van der Waals surface area contributed by atoms with Gasteiger partial charge in [-0.2, -0.15) is 0 Å². The monoisotopic (exact) mass is 663 g/mol. The number of rotatable bonds is 6. The number of benzene rings is 9. The van der Waals surface area contributed by atoms with E-state index < -0.39 is 0 Å². The largest absolute Gasteiger partial charge is 0.455 e.